The van der Waals surface area contributed by atoms with Crippen LogP contribution in [0, 0.1) is 11.3 Å². The Balaban J connectivity index is 1.97. The maximum atomic E-state index is 12.6. The monoisotopic (exact) mass is 489 g/mol. The van der Waals surface area contributed by atoms with Crippen molar-refractivity contribution in [3.63, 3.8) is 0 Å². The highest BCUT2D eigenvalue weighted by Gasteiger charge is 2.22. The Morgan fingerprint density at radius 3 is 2.19 bits per heavy atom. The highest BCUT2D eigenvalue weighted by molar-refractivity contribution is 7.87. The first-order valence-corrected chi connectivity index (χ1v) is 11.3. The van der Waals surface area contributed by atoms with Crippen LogP contribution >= 0.6 is 23.2 Å². The quantitative estimate of drug-likeness (QED) is 0.235. The summed E-state index contributed by atoms with van der Waals surface area (Å²) in [6.07, 6.45) is 1.60. The van der Waals surface area contributed by atoms with E-state index in [-0.39, 0.29) is 21.4 Å². The summed E-state index contributed by atoms with van der Waals surface area (Å²) in [6, 6.07) is 17.7. The molecule has 0 saturated heterocycles. The number of methoxy groups -OCH3 is 2. The minimum absolute atomic E-state index is 0.000147. The second-order valence-corrected chi connectivity index (χ2v) is 8.81. The van der Waals surface area contributed by atoms with Crippen LogP contribution in [0.15, 0.2) is 65.6 Å². The Morgan fingerprint density at radius 1 is 0.969 bits per heavy atom. The molecule has 0 radical (unpaired) electrons. The third-order valence-corrected chi connectivity index (χ3v) is 6.15. The van der Waals surface area contributed by atoms with E-state index in [4.69, 9.17) is 36.9 Å². The minimum atomic E-state index is -4.18. The van der Waals surface area contributed by atoms with Gasteiger partial charge >= 0.3 is 10.1 Å². The summed E-state index contributed by atoms with van der Waals surface area (Å²) >= 11 is 12.1. The van der Waals surface area contributed by atoms with Gasteiger partial charge in [0.15, 0.2) is 5.75 Å². The van der Waals surface area contributed by atoms with E-state index in [9.17, 15) is 13.7 Å². The molecular formula is C23H17Cl2NO5S. The van der Waals surface area contributed by atoms with Crippen LogP contribution in [-0.4, -0.2) is 22.6 Å². The maximum absolute atomic E-state index is 12.6. The fourth-order valence-corrected chi connectivity index (χ4v) is 4.17. The molecule has 0 heterocycles. The molecule has 0 aliphatic heterocycles. The van der Waals surface area contributed by atoms with Gasteiger partial charge in [0.25, 0.3) is 0 Å². The topological polar surface area (TPSA) is 85.6 Å². The summed E-state index contributed by atoms with van der Waals surface area (Å²) in [5.41, 5.74) is 1.57. The van der Waals surface area contributed by atoms with Crippen molar-refractivity contribution in [2.24, 2.45) is 0 Å². The van der Waals surface area contributed by atoms with Crippen molar-refractivity contribution in [2.75, 3.05) is 14.2 Å². The number of ether oxygens (including phenoxy) is 2. The SMILES string of the molecule is COc1ccc(/C(C#N)=C/c2cc(Cl)c(OS(=O)(=O)c3ccc(Cl)cc3)c(OC)c2)cc1. The molecule has 0 aromatic heterocycles. The molecule has 32 heavy (non-hydrogen) atoms. The molecule has 3 aromatic rings. The van der Waals surface area contributed by atoms with Gasteiger partial charge in [0.2, 0.25) is 5.75 Å². The summed E-state index contributed by atoms with van der Waals surface area (Å²) in [6.45, 7) is 0. The molecule has 0 aliphatic rings. The van der Waals surface area contributed by atoms with E-state index in [1.807, 2.05) is 0 Å². The molecule has 3 aromatic carbocycles. The lowest BCUT2D eigenvalue weighted by atomic mass is 10.0. The molecule has 0 bridgehead atoms. The molecule has 0 saturated carbocycles. The van der Waals surface area contributed by atoms with Crippen LogP contribution in [0.4, 0.5) is 0 Å². The molecule has 9 heteroatoms. The number of nitriles is 1. The second-order valence-electron chi connectivity index (χ2n) is 6.42. The van der Waals surface area contributed by atoms with E-state index >= 15 is 0 Å². The Bertz CT molecular complexity index is 1300. The molecule has 0 unspecified atom stereocenters. The Hall–Kier alpha value is -3.18. The second kappa shape index (κ2) is 9.96. The summed E-state index contributed by atoms with van der Waals surface area (Å²) in [5.74, 6) is 0.594. The Morgan fingerprint density at radius 2 is 1.62 bits per heavy atom. The average molecular weight is 490 g/mol. The molecular weight excluding hydrogens is 473 g/mol. The lowest BCUT2D eigenvalue weighted by Gasteiger charge is -2.13. The predicted molar refractivity (Wildman–Crippen MR) is 124 cm³/mol. The van der Waals surface area contributed by atoms with E-state index in [0.29, 0.717) is 27.5 Å². The van der Waals surface area contributed by atoms with Crippen LogP contribution in [0.1, 0.15) is 11.1 Å². The minimum Gasteiger partial charge on any atom is -0.497 e. The predicted octanol–water partition coefficient (Wildman–Crippen LogP) is 5.84. The zero-order valence-electron chi connectivity index (χ0n) is 17.0. The third kappa shape index (κ3) is 5.35. The van der Waals surface area contributed by atoms with Crippen molar-refractivity contribution in [1.29, 1.82) is 5.26 Å². The van der Waals surface area contributed by atoms with Crippen LogP contribution in [0.5, 0.6) is 17.2 Å². The molecule has 0 spiro atoms. The Labute approximate surface area is 196 Å². The normalized spacial score (nSPS) is 11.5. The Kier molecular flexibility index (Phi) is 7.31. The van der Waals surface area contributed by atoms with Crippen molar-refractivity contribution in [2.45, 2.75) is 4.90 Å². The van der Waals surface area contributed by atoms with Crippen LogP contribution in [-0.2, 0) is 10.1 Å². The van der Waals surface area contributed by atoms with Crippen molar-refractivity contribution in [3.05, 3.63) is 81.8 Å². The van der Waals surface area contributed by atoms with Crippen molar-refractivity contribution in [1.82, 2.24) is 0 Å². The number of hydrogen-bond donors (Lipinski definition) is 0. The summed E-state index contributed by atoms with van der Waals surface area (Å²) in [5, 5.41) is 9.98. The smallest absolute Gasteiger partial charge is 0.339 e. The fourth-order valence-electron chi connectivity index (χ4n) is 2.78. The van der Waals surface area contributed by atoms with Gasteiger partial charge in [-0.2, -0.15) is 13.7 Å². The van der Waals surface area contributed by atoms with Gasteiger partial charge in [-0.1, -0.05) is 23.2 Å². The molecule has 0 fully saturated rings. The van der Waals surface area contributed by atoms with Crippen molar-refractivity contribution >= 4 is 45.0 Å². The summed E-state index contributed by atoms with van der Waals surface area (Å²) < 4.78 is 40.9. The fraction of sp³-hybridized carbons (Fsp3) is 0.0870. The third-order valence-electron chi connectivity index (χ3n) is 4.38. The first kappa shape index (κ1) is 23.5. The first-order chi connectivity index (χ1) is 15.3. The molecule has 0 N–H and O–H groups in total. The number of hydrogen-bond acceptors (Lipinski definition) is 6. The van der Waals surface area contributed by atoms with Crippen LogP contribution in [0.2, 0.25) is 10.0 Å². The van der Waals surface area contributed by atoms with Gasteiger partial charge in [-0.3, -0.25) is 0 Å². The van der Waals surface area contributed by atoms with Gasteiger partial charge in [-0.25, -0.2) is 0 Å². The van der Waals surface area contributed by atoms with Crippen LogP contribution < -0.4 is 13.7 Å². The molecule has 0 aliphatic carbocycles. The van der Waals surface area contributed by atoms with Gasteiger partial charge in [0.05, 0.1) is 30.9 Å². The van der Waals surface area contributed by atoms with E-state index in [1.165, 1.54) is 43.5 Å². The van der Waals surface area contributed by atoms with E-state index < -0.39 is 10.1 Å². The standard InChI is InChI=1S/C23H17Cl2NO5S/c1-29-19-7-3-16(4-8-19)17(14-26)11-15-12-21(25)23(22(13-15)30-2)31-32(27,28)20-9-5-18(24)6-10-20/h3-13H,1-2H3/b17-11+. The largest absolute Gasteiger partial charge is 0.497 e. The van der Waals surface area contributed by atoms with Crippen molar-refractivity contribution < 1.29 is 22.1 Å². The first-order valence-electron chi connectivity index (χ1n) is 9.11. The molecule has 3 rings (SSSR count). The van der Waals surface area contributed by atoms with E-state index in [2.05, 4.69) is 6.07 Å². The number of halogens is 2. The summed E-state index contributed by atoms with van der Waals surface area (Å²) in [7, 11) is -1.26. The van der Waals surface area contributed by atoms with Gasteiger partial charge in [0.1, 0.15) is 10.6 Å². The molecule has 0 amide bonds. The molecule has 164 valence electrons. The number of nitrogens with zero attached hydrogens (tertiary/aromatic N) is 1. The number of benzene rings is 3. The zero-order chi connectivity index (χ0) is 23.3. The van der Waals surface area contributed by atoms with Gasteiger partial charge in [-0.15, -0.1) is 0 Å². The van der Waals surface area contributed by atoms with Gasteiger partial charge in [-0.05, 0) is 77.9 Å². The highest BCUT2D eigenvalue weighted by Crippen LogP contribution is 2.39. The highest BCUT2D eigenvalue weighted by atomic mass is 35.5. The van der Waals surface area contributed by atoms with Crippen LogP contribution in [0.3, 0.4) is 0 Å². The zero-order valence-corrected chi connectivity index (χ0v) is 19.3. The van der Waals surface area contributed by atoms with E-state index in [0.717, 1.165) is 0 Å². The van der Waals surface area contributed by atoms with E-state index in [1.54, 1.807) is 37.5 Å². The van der Waals surface area contributed by atoms with Crippen molar-refractivity contribution in [3.8, 4) is 23.3 Å². The van der Waals surface area contributed by atoms with Gasteiger partial charge < -0.3 is 13.7 Å². The average Bonchev–Trinajstić information content (AvgIpc) is 2.79. The maximum Gasteiger partial charge on any atom is 0.339 e. The van der Waals surface area contributed by atoms with Crippen LogP contribution in [0.25, 0.3) is 11.6 Å². The lowest BCUT2D eigenvalue weighted by Crippen LogP contribution is -2.10. The lowest BCUT2D eigenvalue weighted by molar-refractivity contribution is 0.390. The van der Waals surface area contributed by atoms with Gasteiger partial charge in [0, 0.05) is 5.02 Å². The molecule has 0 atom stereocenters. The number of rotatable bonds is 7. The number of allylic oxidation sites excluding steroid dienone is 1. The molecule has 6 nitrogen and oxygen atoms in total. The summed E-state index contributed by atoms with van der Waals surface area (Å²) in [4.78, 5) is -0.0877.